The Bertz CT molecular complexity index is 1130. The maximum atomic E-state index is 13.1. The fourth-order valence-corrected chi connectivity index (χ4v) is 5.33. The van der Waals surface area contributed by atoms with Crippen LogP contribution in [0.2, 0.25) is 0 Å². The Morgan fingerprint density at radius 1 is 0.833 bits per heavy atom. The largest absolute Gasteiger partial charge is 0.492 e. The average molecular weight is 491 g/mol. The number of imidazole rings is 1. The number of benzene rings is 2. The molecule has 7 heteroatoms. The second-order valence-corrected chi connectivity index (χ2v) is 10.2. The van der Waals surface area contributed by atoms with Gasteiger partial charge in [0.25, 0.3) is 0 Å². The van der Waals surface area contributed by atoms with E-state index in [0.717, 1.165) is 82.9 Å². The summed E-state index contributed by atoms with van der Waals surface area (Å²) in [7, 11) is 0. The summed E-state index contributed by atoms with van der Waals surface area (Å²) in [5.74, 6) is 1.45. The minimum Gasteiger partial charge on any atom is -0.492 e. The molecule has 0 saturated carbocycles. The Morgan fingerprint density at radius 3 is 2.25 bits per heavy atom. The summed E-state index contributed by atoms with van der Waals surface area (Å²) in [5.41, 5.74) is 2.18. The molecule has 192 valence electrons. The van der Waals surface area contributed by atoms with Crippen LogP contribution in [0, 0.1) is 5.92 Å². The maximum absolute atomic E-state index is 13.1. The van der Waals surface area contributed by atoms with Crippen LogP contribution in [0.15, 0.2) is 71.8 Å². The molecule has 5 rings (SSSR count). The van der Waals surface area contributed by atoms with Crippen LogP contribution >= 0.6 is 0 Å². The molecule has 1 N–H and O–H groups in total. The first kappa shape index (κ1) is 24.8. The fraction of sp³-hybridized carbons (Fsp3) is 0.483. The lowest BCUT2D eigenvalue weighted by molar-refractivity contribution is 0.0792. The van der Waals surface area contributed by atoms with Crippen LogP contribution in [-0.2, 0) is 13.1 Å². The highest BCUT2D eigenvalue weighted by Crippen LogP contribution is 2.19. The van der Waals surface area contributed by atoms with Gasteiger partial charge in [-0.25, -0.2) is 4.79 Å². The Balaban J connectivity index is 1.09. The number of likely N-dealkylation sites (tertiary alicyclic amines) is 2. The second kappa shape index (κ2) is 11.9. The SMILES string of the molecule is O=c1n(CC2CCN(CCOc3ccccc3)CC2)ccn1-c1ccc(CN2CCC(O)CC2)cc1. The van der Waals surface area contributed by atoms with Gasteiger partial charge < -0.3 is 9.84 Å². The molecule has 7 nitrogen and oxygen atoms in total. The number of para-hydroxylation sites is 1. The number of hydrogen-bond acceptors (Lipinski definition) is 5. The predicted octanol–water partition coefficient (Wildman–Crippen LogP) is 3.39. The third-order valence-electron chi connectivity index (χ3n) is 7.61. The van der Waals surface area contributed by atoms with Gasteiger partial charge in [-0.3, -0.25) is 18.9 Å². The molecule has 2 aromatic carbocycles. The van der Waals surface area contributed by atoms with Crippen LogP contribution in [0.5, 0.6) is 5.75 Å². The molecule has 2 saturated heterocycles. The lowest BCUT2D eigenvalue weighted by Crippen LogP contribution is -2.38. The normalized spacial score (nSPS) is 18.5. The zero-order chi connectivity index (χ0) is 24.7. The van der Waals surface area contributed by atoms with E-state index < -0.39 is 0 Å². The Hall–Kier alpha value is -2.87. The molecule has 0 unspecified atom stereocenters. The number of aromatic nitrogens is 2. The number of rotatable bonds is 9. The number of ether oxygens (including phenoxy) is 1. The van der Waals surface area contributed by atoms with Gasteiger partial charge in [-0.05, 0) is 74.5 Å². The van der Waals surface area contributed by atoms with Crippen LogP contribution < -0.4 is 10.4 Å². The smallest absolute Gasteiger partial charge is 0.332 e. The van der Waals surface area contributed by atoms with Crippen molar-refractivity contribution in [3.63, 3.8) is 0 Å². The summed E-state index contributed by atoms with van der Waals surface area (Å²) in [4.78, 5) is 17.9. The zero-order valence-electron chi connectivity index (χ0n) is 21.0. The molecule has 2 aliphatic rings. The van der Waals surface area contributed by atoms with Gasteiger partial charge >= 0.3 is 5.69 Å². The molecule has 0 aliphatic carbocycles. The minimum absolute atomic E-state index is 0.0338. The van der Waals surface area contributed by atoms with E-state index >= 15 is 0 Å². The average Bonchev–Trinajstić information content (AvgIpc) is 3.27. The van der Waals surface area contributed by atoms with Crippen molar-refractivity contribution in [2.24, 2.45) is 5.92 Å². The van der Waals surface area contributed by atoms with Crippen molar-refractivity contribution in [1.82, 2.24) is 18.9 Å². The standard InChI is InChI=1S/C29H38N4O3/c34-27-12-16-31(17-13-27)22-24-6-8-26(9-7-24)33-19-18-32(29(33)35)23-25-10-14-30(15-11-25)20-21-36-28-4-2-1-3-5-28/h1-9,18-19,25,27,34H,10-17,20-23H2. The van der Waals surface area contributed by atoms with E-state index in [9.17, 15) is 9.90 Å². The van der Waals surface area contributed by atoms with Crippen molar-refractivity contribution in [1.29, 1.82) is 0 Å². The van der Waals surface area contributed by atoms with Crippen molar-refractivity contribution >= 4 is 0 Å². The van der Waals surface area contributed by atoms with Gasteiger partial charge in [0.05, 0.1) is 11.8 Å². The predicted molar refractivity (Wildman–Crippen MR) is 142 cm³/mol. The first-order valence-corrected chi connectivity index (χ1v) is 13.3. The first-order chi connectivity index (χ1) is 17.6. The van der Waals surface area contributed by atoms with Crippen molar-refractivity contribution in [2.45, 2.75) is 44.9 Å². The summed E-state index contributed by atoms with van der Waals surface area (Å²) >= 11 is 0. The summed E-state index contributed by atoms with van der Waals surface area (Å²) < 4.78 is 9.45. The summed E-state index contributed by atoms with van der Waals surface area (Å²) in [6.45, 7) is 7.28. The lowest BCUT2D eigenvalue weighted by Gasteiger charge is -2.31. The van der Waals surface area contributed by atoms with Crippen molar-refractivity contribution in [3.05, 3.63) is 83.0 Å². The van der Waals surface area contributed by atoms with E-state index in [4.69, 9.17) is 4.74 Å². The first-order valence-electron chi connectivity index (χ1n) is 13.3. The second-order valence-electron chi connectivity index (χ2n) is 10.2. The van der Waals surface area contributed by atoms with Crippen LogP contribution in [-0.4, -0.2) is 69.5 Å². The van der Waals surface area contributed by atoms with Crippen molar-refractivity contribution in [2.75, 3.05) is 39.3 Å². The number of aliphatic hydroxyl groups excluding tert-OH is 1. The van der Waals surface area contributed by atoms with Crippen molar-refractivity contribution < 1.29 is 9.84 Å². The summed E-state index contributed by atoms with van der Waals surface area (Å²) in [6, 6.07) is 18.3. The molecule has 0 amide bonds. The molecule has 3 heterocycles. The van der Waals surface area contributed by atoms with Crippen LogP contribution in [0.1, 0.15) is 31.2 Å². The minimum atomic E-state index is -0.147. The fourth-order valence-electron chi connectivity index (χ4n) is 5.33. The van der Waals surface area contributed by atoms with Gasteiger partial charge in [0.2, 0.25) is 0 Å². The third kappa shape index (κ3) is 6.46. The Labute approximate surface area is 213 Å². The van der Waals surface area contributed by atoms with Gasteiger partial charge in [0.15, 0.2) is 0 Å². The van der Waals surface area contributed by atoms with E-state index in [1.54, 1.807) is 4.57 Å². The monoisotopic (exact) mass is 490 g/mol. The Kier molecular flexibility index (Phi) is 8.21. The summed E-state index contributed by atoms with van der Waals surface area (Å²) in [6.07, 6.45) is 7.57. The van der Waals surface area contributed by atoms with Crippen LogP contribution in [0.4, 0.5) is 0 Å². The van der Waals surface area contributed by atoms with Crippen LogP contribution in [0.3, 0.4) is 0 Å². The number of hydrogen-bond donors (Lipinski definition) is 1. The van der Waals surface area contributed by atoms with E-state index in [-0.39, 0.29) is 11.8 Å². The summed E-state index contributed by atoms with van der Waals surface area (Å²) in [5, 5.41) is 9.70. The number of piperidine rings is 2. The van der Waals surface area contributed by atoms with Gasteiger partial charge in [0, 0.05) is 45.1 Å². The molecule has 0 bridgehead atoms. The molecular formula is C29H38N4O3. The molecule has 0 atom stereocenters. The molecule has 36 heavy (non-hydrogen) atoms. The highest BCUT2D eigenvalue weighted by molar-refractivity contribution is 5.34. The van der Waals surface area contributed by atoms with E-state index in [1.165, 1.54) is 5.56 Å². The topological polar surface area (TPSA) is 62.9 Å². The van der Waals surface area contributed by atoms with E-state index in [0.29, 0.717) is 12.5 Å². The highest BCUT2D eigenvalue weighted by Gasteiger charge is 2.21. The molecule has 2 fully saturated rings. The molecule has 2 aliphatic heterocycles. The maximum Gasteiger partial charge on any atom is 0.332 e. The molecule has 3 aromatic rings. The number of aliphatic hydroxyl groups is 1. The Morgan fingerprint density at radius 2 is 1.53 bits per heavy atom. The van der Waals surface area contributed by atoms with E-state index in [1.807, 2.05) is 59.4 Å². The van der Waals surface area contributed by atoms with E-state index in [2.05, 4.69) is 21.9 Å². The number of nitrogens with zero attached hydrogens (tertiary/aromatic N) is 4. The molecule has 1 aromatic heterocycles. The van der Waals surface area contributed by atoms with Crippen LogP contribution in [0.25, 0.3) is 5.69 Å². The third-order valence-corrected chi connectivity index (χ3v) is 7.61. The lowest BCUT2D eigenvalue weighted by atomic mass is 9.97. The van der Waals surface area contributed by atoms with Gasteiger partial charge in [0.1, 0.15) is 12.4 Å². The molecular weight excluding hydrogens is 452 g/mol. The van der Waals surface area contributed by atoms with Crippen molar-refractivity contribution in [3.8, 4) is 11.4 Å². The van der Waals surface area contributed by atoms with Gasteiger partial charge in [-0.1, -0.05) is 30.3 Å². The highest BCUT2D eigenvalue weighted by atomic mass is 16.5. The molecule has 0 radical (unpaired) electrons. The van der Waals surface area contributed by atoms with Gasteiger partial charge in [-0.15, -0.1) is 0 Å². The quantitative estimate of drug-likeness (QED) is 0.498. The van der Waals surface area contributed by atoms with Gasteiger partial charge in [-0.2, -0.15) is 0 Å². The zero-order valence-corrected chi connectivity index (χ0v) is 21.0. The molecule has 0 spiro atoms.